The van der Waals surface area contributed by atoms with E-state index in [1.165, 1.54) is 72.7 Å². The van der Waals surface area contributed by atoms with Crippen LogP contribution in [0.5, 0.6) is 0 Å². The van der Waals surface area contributed by atoms with Gasteiger partial charge in [-0.2, -0.15) is 5.10 Å². The van der Waals surface area contributed by atoms with Crippen molar-refractivity contribution in [1.82, 2.24) is 14.7 Å². The summed E-state index contributed by atoms with van der Waals surface area (Å²) in [5.74, 6) is 1.86. The lowest BCUT2D eigenvalue weighted by molar-refractivity contribution is 0.252. The topological polar surface area (TPSA) is 33.1 Å². The molecule has 0 unspecified atom stereocenters. The number of fused-ring (bicyclic) bond motifs is 1. The van der Waals surface area contributed by atoms with Gasteiger partial charge in [-0.15, -0.1) is 0 Å². The minimum absolute atomic E-state index is 0.608. The van der Waals surface area contributed by atoms with E-state index in [1.54, 1.807) is 0 Å². The van der Waals surface area contributed by atoms with Crippen molar-refractivity contribution >= 4 is 5.82 Å². The van der Waals surface area contributed by atoms with Crippen LogP contribution in [0.25, 0.3) is 5.69 Å². The third-order valence-electron chi connectivity index (χ3n) is 6.07. The van der Waals surface area contributed by atoms with Crippen molar-refractivity contribution in [2.75, 3.05) is 32.0 Å². The Labute approximate surface area is 151 Å². The van der Waals surface area contributed by atoms with Crippen LogP contribution in [0.2, 0.25) is 0 Å². The molecule has 4 heteroatoms. The molecule has 1 aromatic heterocycles. The van der Waals surface area contributed by atoms with E-state index in [2.05, 4.69) is 54.0 Å². The van der Waals surface area contributed by atoms with Gasteiger partial charge in [-0.25, -0.2) is 4.68 Å². The molecule has 0 aliphatic carbocycles. The first-order valence-electron chi connectivity index (χ1n) is 9.76. The number of hydrogen-bond acceptors (Lipinski definition) is 3. The van der Waals surface area contributed by atoms with Gasteiger partial charge >= 0.3 is 0 Å². The zero-order valence-corrected chi connectivity index (χ0v) is 15.8. The fraction of sp³-hybridized carbons (Fsp3) is 0.571. The van der Waals surface area contributed by atoms with Crippen molar-refractivity contribution in [1.29, 1.82) is 0 Å². The minimum Gasteiger partial charge on any atom is -0.370 e. The van der Waals surface area contributed by atoms with E-state index in [0.717, 1.165) is 13.0 Å². The molecule has 0 bridgehead atoms. The molecule has 0 atom stereocenters. The molecule has 134 valence electrons. The van der Waals surface area contributed by atoms with E-state index in [0.29, 0.717) is 5.92 Å². The highest BCUT2D eigenvalue weighted by Crippen LogP contribution is 2.36. The summed E-state index contributed by atoms with van der Waals surface area (Å²) in [6.45, 7) is 7.82. The fourth-order valence-electron chi connectivity index (χ4n) is 4.28. The molecule has 2 aliphatic heterocycles. The van der Waals surface area contributed by atoms with Gasteiger partial charge in [0.05, 0.1) is 11.4 Å². The maximum atomic E-state index is 5.19. The van der Waals surface area contributed by atoms with Gasteiger partial charge in [0, 0.05) is 18.0 Å². The largest absolute Gasteiger partial charge is 0.370 e. The van der Waals surface area contributed by atoms with Crippen LogP contribution in [0, 0.1) is 13.8 Å². The predicted octanol–water partition coefficient (Wildman–Crippen LogP) is 4.05. The lowest BCUT2D eigenvalue weighted by Gasteiger charge is -2.28. The number of nitrogens with one attached hydrogen (secondary N) is 1. The zero-order valence-electron chi connectivity index (χ0n) is 15.8. The Morgan fingerprint density at radius 3 is 2.72 bits per heavy atom. The van der Waals surface area contributed by atoms with Crippen LogP contribution in [0.4, 0.5) is 5.82 Å². The summed E-state index contributed by atoms with van der Waals surface area (Å²) in [6, 6.07) is 6.55. The smallest absolute Gasteiger partial charge is 0.133 e. The summed E-state index contributed by atoms with van der Waals surface area (Å²) >= 11 is 0. The van der Waals surface area contributed by atoms with E-state index in [1.807, 2.05) is 0 Å². The summed E-state index contributed by atoms with van der Waals surface area (Å²) in [4.78, 5) is 2.44. The second kappa shape index (κ2) is 6.83. The van der Waals surface area contributed by atoms with Crippen LogP contribution in [-0.2, 0) is 6.42 Å². The van der Waals surface area contributed by atoms with Crippen molar-refractivity contribution in [3.05, 3.63) is 40.6 Å². The quantitative estimate of drug-likeness (QED) is 0.897. The van der Waals surface area contributed by atoms with Crippen molar-refractivity contribution < 1.29 is 0 Å². The van der Waals surface area contributed by atoms with Gasteiger partial charge < -0.3 is 10.2 Å². The molecular formula is C21H30N4. The van der Waals surface area contributed by atoms with Gasteiger partial charge in [0.1, 0.15) is 5.82 Å². The maximum absolute atomic E-state index is 5.19. The van der Waals surface area contributed by atoms with Crippen LogP contribution < -0.4 is 5.32 Å². The summed E-state index contributed by atoms with van der Waals surface area (Å²) in [5.41, 5.74) is 6.72. The Morgan fingerprint density at radius 2 is 1.92 bits per heavy atom. The SMILES string of the molecule is Cc1cccc(-n2nc(C3CCN(C)CC3)c3c2NCCCC3)c1C. The number of benzene rings is 1. The Hall–Kier alpha value is -1.81. The molecule has 2 aliphatic rings. The van der Waals surface area contributed by atoms with Crippen LogP contribution in [0.1, 0.15) is 54.0 Å². The van der Waals surface area contributed by atoms with E-state index in [9.17, 15) is 0 Å². The molecule has 4 nitrogen and oxygen atoms in total. The van der Waals surface area contributed by atoms with E-state index in [4.69, 9.17) is 5.10 Å². The average molecular weight is 338 g/mol. The van der Waals surface area contributed by atoms with Crippen molar-refractivity contribution in [3.63, 3.8) is 0 Å². The number of aromatic nitrogens is 2. The van der Waals surface area contributed by atoms with Crippen LogP contribution >= 0.6 is 0 Å². The summed E-state index contributed by atoms with van der Waals surface area (Å²) < 4.78 is 2.20. The summed E-state index contributed by atoms with van der Waals surface area (Å²) in [7, 11) is 2.23. The third kappa shape index (κ3) is 3.08. The molecule has 0 amide bonds. The number of anilines is 1. The molecule has 25 heavy (non-hydrogen) atoms. The third-order valence-corrected chi connectivity index (χ3v) is 6.07. The van der Waals surface area contributed by atoms with E-state index in [-0.39, 0.29) is 0 Å². The molecule has 1 saturated heterocycles. The number of aryl methyl sites for hydroxylation is 1. The highest BCUT2D eigenvalue weighted by molar-refractivity contribution is 5.57. The number of likely N-dealkylation sites (tertiary alicyclic amines) is 1. The van der Waals surface area contributed by atoms with Gasteiger partial charge in [0.15, 0.2) is 0 Å². The van der Waals surface area contributed by atoms with Crippen molar-refractivity contribution in [2.24, 2.45) is 0 Å². The summed E-state index contributed by atoms with van der Waals surface area (Å²) in [6.07, 6.45) is 6.13. The number of hydrogen-bond donors (Lipinski definition) is 1. The number of nitrogens with zero attached hydrogens (tertiary/aromatic N) is 3. The lowest BCUT2D eigenvalue weighted by atomic mass is 9.90. The zero-order chi connectivity index (χ0) is 17.4. The second-order valence-electron chi connectivity index (χ2n) is 7.80. The fourth-order valence-corrected chi connectivity index (χ4v) is 4.28. The molecule has 0 spiro atoms. The van der Waals surface area contributed by atoms with Crippen LogP contribution in [0.15, 0.2) is 18.2 Å². The van der Waals surface area contributed by atoms with Crippen LogP contribution in [0.3, 0.4) is 0 Å². The molecule has 0 radical (unpaired) electrons. The Bertz CT molecular complexity index is 753. The number of piperidine rings is 1. The Balaban J connectivity index is 1.81. The molecule has 1 N–H and O–H groups in total. The van der Waals surface area contributed by atoms with Gasteiger partial charge in [0.25, 0.3) is 0 Å². The van der Waals surface area contributed by atoms with Crippen LogP contribution in [-0.4, -0.2) is 41.4 Å². The Kier molecular flexibility index (Phi) is 4.55. The van der Waals surface area contributed by atoms with Gasteiger partial charge in [-0.3, -0.25) is 0 Å². The molecule has 0 saturated carbocycles. The minimum atomic E-state index is 0.608. The number of rotatable bonds is 2. The lowest BCUT2D eigenvalue weighted by Crippen LogP contribution is -2.29. The molecule has 3 heterocycles. The highest BCUT2D eigenvalue weighted by Gasteiger charge is 2.28. The van der Waals surface area contributed by atoms with E-state index >= 15 is 0 Å². The molecule has 4 rings (SSSR count). The molecular weight excluding hydrogens is 308 g/mol. The Morgan fingerprint density at radius 1 is 1.12 bits per heavy atom. The van der Waals surface area contributed by atoms with Crippen molar-refractivity contribution in [2.45, 2.75) is 51.9 Å². The molecule has 2 aromatic rings. The van der Waals surface area contributed by atoms with E-state index < -0.39 is 0 Å². The second-order valence-corrected chi connectivity index (χ2v) is 7.80. The predicted molar refractivity (Wildman–Crippen MR) is 104 cm³/mol. The standard InChI is InChI=1S/C21H30N4/c1-15-7-6-9-19(16(15)2)25-21-18(8-4-5-12-22-21)20(23-25)17-10-13-24(3)14-11-17/h6-7,9,17,22H,4-5,8,10-14H2,1-3H3. The maximum Gasteiger partial charge on any atom is 0.133 e. The van der Waals surface area contributed by atoms with Crippen molar-refractivity contribution in [3.8, 4) is 5.69 Å². The normalized spacial score (nSPS) is 19.3. The van der Waals surface area contributed by atoms with Gasteiger partial charge in [-0.1, -0.05) is 12.1 Å². The highest BCUT2D eigenvalue weighted by atomic mass is 15.3. The molecule has 1 aromatic carbocycles. The molecule has 1 fully saturated rings. The first-order chi connectivity index (χ1) is 12.1. The van der Waals surface area contributed by atoms with Gasteiger partial charge in [-0.05, 0) is 83.3 Å². The first-order valence-corrected chi connectivity index (χ1v) is 9.76. The average Bonchev–Trinajstić information content (AvgIpc) is 2.80. The van der Waals surface area contributed by atoms with Gasteiger partial charge in [0.2, 0.25) is 0 Å². The first kappa shape index (κ1) is 16.6. The monoisotopic (exact) mass is 338 g/mol. The summed E-state index contributed by atoms with van der Waals surface area (Å²) in [5, 5.41) is 8.89.